The summed E-state index contributed by atoms with van der Waals surface area (Å²) < 4.78 is 5.59. The maximum absolute atomic E-state index is 12.3. The number of nitrogens with one attached hydrogen (secondary N) is 1. The van der Waals surface area contributed by atoms with Gasteiger partial charge in [-0.15, -0.1) is 0 Å². The number of fused-ring (bicyclic) bond motifs is 1. The largest absolute Gasteiger partial charge is 0.480 e. The first-order valence-corrected chi connectivity index (χ1v) is 8.12. The standard InChI is InChI=1S/C14H14ClNO4S/c15-9-1-2-10-8(5-9)6-11(20-10)12(17)16-14(13(18)19)3-4-21-7-14/h1-2,5,11H,3-4,6-7H2,(H,16,17)(H,18,19)/t11-,14-/m1/s1. The van der Waals surface area contributed by atoms with Crippen LogP contribution >= 0.6 is 23.4 Å². The van der Waals surface area contributed by atoms with Gasteiger partial charge in [-0.2, -0.15) is 11.8 Å². The number of aliphatic carboxylic acids is 1. The number of halogens is 1. The monoisotopic (exact) mass is 327 g/mol. The summed E-state index contributed by atoms with van der Waals surface area (Å²) in [6.45, 7) is 0. The normalized spacial score (nSPS) is 27.0. The molecule has 2 N–H and O–H groups in total. The Balaban J connectivity index is 1.71. The van der Waals surface area contributed by atoms with Crippen LogP contribution in [0.25, 0.3) is 0 Å². The number of hydrogen-bond donors (Lipinski definition) is 2. The molecule has 0 spiro atoms. The summed E-state index contributed by atoms with van der Waals surface area (Å²) in [5.41, 5.74) is -0.301. The highest BCUT2D eigenvalue weighted by molar-refractivity contribution is 7.99. The lowest BCUT2D eigenvalue weighted by atomic mass is 9.98. The average molecular weight is 328 g/mol. The number of carbonyl (C=O) groups is 2. The third kappa shape index (κ3) is 2.70. The smallest absolute Gasteiger partial charge is 0.330 e. The molecule has 2 atom stereocenters. The lowest BCUT2D eigenvalue weighted by Gasteiger charge is -2.26. The minimum atomic E-state index is -1.17. The summed E-state index contributed by atoms with van der Waals surface area (Å²) in [5, 5.41) is 12.6. The van der Waals surface area contributed by atoms with Crippen molar-refractivity contribution in [2.75, 3.05) is 11.5 Å². The fourth-order valence-electron chi connectivity index (χ4n) is 2.57. The predicted molar refractivity (Wildman–Crippen MR) is 80.0 cm³/mol. The van der Waals surface area contributed by atoms with Gasteiger partial charge in [-0.25, -0.2) is 4.79 Å². The van der Waals surface area contributed by atoms with E-state index in [-0.39, 0.29) is 5.91 Å². The molecule has 1 fully saturated rings. The zero-order chi connectivity index (χ0) is 15.0. The first kappa shape index (κ1) is 14.5. The zero-order valence-corrected chi connectivity index (χ0v) is 12.7. The molecule has 1 amide bonds. The molecule has 0 bridgehead atoms. The molecule has 0 unspecified atom stereocenters. The molecule has 0 aromatic heterocycles. The van der Waals surface area contributed by atoms with E-state index >= 15 is 0 Å². The van der Waals surface area contributed by atoms with Crippen molar-refractivity contribution in [2.45, 2.75) is 24.5 Å². The van der Waals surface area contributed by atoms with E-state index in [2.05, 4.69) is 5.32 Å². The van der Waals surface area contributed by atoms with Crippen LogP contribution in [0.5, 0.6) is 5.75 Å². The molecule has 1 saturated heterocycles. The van der Waals surface area contributed by atoms with Crippen LogP contribution in [-0.4, -0.2) is 40.1 Å². The first-order valence-electron chi connectivity index (χ1n) is 6.58. The number of rotatable bonds is 3. The van der Waals surface area contributed by atoms with Crippen molar-refractivity contribution in [3.8, 4) is 5.75 Å². The minimum Gasteiger partial charge on any atom is -0.480 e. The van der Waals surface area contributed by atoms with Crippen LogP contribution in [0.3, 0.4) is 0 Å². The third-order valence-electron chi connectivity index (χ3n) is 3.78. The molecule has 21 heavy (non-hydrogen) atoms. The highest BCUT2D eigenvalue weighted by Crippen LogP contribution is 2.32. The Bertz CT molecular complexity index is 601. The van der Waals surface area contributed by atoms with Crippen molar-refractivity contribution in [2.24, 2.45) is 0 Å². The second-order valence-electron chi connectivity index (χ2n) is 5.24. The van der Waals surface area contributed by atoms with E-state index in [4.69, 9.17) is 16.3 Å². The van der Waals surface area contributed by atoms with Crippen LogP contribution in [0.2, 0.25) is 5.02 Å². The van der Waals surface area contributed by atoms with Gasteiger partial charge in [0.05, 0.1) is 0 Å². The SMILES string of the molecule is O=C(N[C@]1(C(=O)O)CCSC1)[C@H]1Cc2cc(Cl)ccc2O1. The van der Waals surface area contributed by atoms with Crippen LogP contribution in [0.1, 0.15) is 12.0 Å². The lowest BCUT2D eigenvalue weighted by Crippen LogP contribution is -2.57. The number of carbonyl (C=O) groups excluding carboxylic acids is 1. The summed E-state index contributed by atoms with van der Waals surface area (Å²) in [6.07, 6.45) is 0.148. The maximum atomic E-state index is 12.3. The molecule has 0 radical (unpaired) electrons. The van der Waals surface area contributed by atoms with E-state index in [1.807, 2.05) is 0 Å². The van der Waals surface area contributed by atoms with Gasteiger partial charge in [-0.3, -0.25) is 4.79 Å². The second kappa shape index (κ2) is 5.42. The van der Waals surface area contributed by atoms with Gasteiger partial charge in [-0.1, -0.05) is 11.6 Å². The van der Waals surface area contributed by atoms with Crippen LogP contribution in [0.4, 0.5) is 0 Å². The Morgan fingerprint density at radius 2 is 2.29 bits per heavy atom. The minimum absolute atomic E-state index is 0.382. The summed E-state index contributed by atoms with van der Waals surface area (Å²) in [7, 11) is 0. The Hall–Kier alpha value is -1.40. The molecule has 2 aliphatic heterocycles. The van der Waals surface area contributed by atoms with Gasteiger partial charge < -0.3 is 15.2 Å². The fourth-order valence-corrected chi connectivity index (χ4v) is 4.09. The third-order valence-corrected chi connectivity index (χ3v) is 5.21. The molecule has 1 aromatic rings. The van der Waals surface area contributed by atoms with Crippen molar-refractivity contribution >= 4 is 35.2 Å². The molecular weight excluding hydrogens is 314 g/mol. The Morgan fingerprint density at radius 1 is 1.48 bits per heavy atom. The van der Waals surface area contributed by atoms with E-state index < -0.39 is 17.6 Å². The Labute approximate surface area is 131 Å². The molecule has 0 saturated carbocycles. The van der Waals surface area contributed by atoms with Gasteiger partial charge in [-0.05, 0) is 35.9 Å². The molecule has 112 valence electrons. The van der Waals surface area contributed by atoms with Gasteiger partial charge >= 0.3 is 5.97 Å². The van der Waals surface area contributed by atoms with Crippen LogP contribution in [0, 0.1) is 0 Å². The van der Waals surface area contributed by atoms with E-state index in [9.17, 15) is 14.7 Å². The molecule has 7 heteroatoms. The number of hydrogen-bond acceptors (Lipinski definition) is 4. The van der Waals surface area contributed by atoms with Crippen LogP contribution in [0.15, 0.2) is 18.2 Å². The number of carboxylic acid groups (broad SMARTS) is 1. The van der Waals surface area contributed by atoms with Crippen molar-refractivity contribution < 1.29 is 19.4 Å². The van der Waals surface area contributed by atoms with Crippen molar-refractivity contribution in [3.63, 3.8) is 0 Å². The predicted octanol–water partition coefficient (Wildman–Crippen LogP) is 1.72. The van der Waals surface area contributed by atoms with Gasteiger partial charge in [0.1, 0.15) is 11.3 Å². The molecule has 2 aliphatic rings. The van der Waals surface area contributed by atoms with E-state index in [1.165, 1.54) is 11.8 Å². The number of carboxylic acids is 1. The number of benzene rings is 1. The second-order valence-corrected chi connectivity index (χ2v) is 6.78. The topological polar surface area (TPSA) is 75.6 Å². The van der Waals surface area contributed by atoms with Crippen LogP contribution < -0.4 is 10.1 Å². The van der Waals surface area contributed by atoms with Crippen molar-refractivity contribution in [1.29, 1.82) is 0 Å². The van der Waals surface area contributed by atoms with Crippen molar-refractivity contribution in [1.82, 2.24) is 5.32 Å². The highest BCUT2D eigenvalue weighted by atomic mass is 35.5. The molecule has 5 nitrogen and oxygen atoms in total. The molecular formula is C14H14ClNO4S. The lowest BCUT2D eigenvalue weighted by molar-refractivity contribution is -0.147. The highest BCUT2D eigenvalue weighted by Gasteiger charge is 2.45. The van der Waals surface area contributed by atoms with E-state index in [1.54, 1.807) is 18.2 Å². The first-order chi connectivity index (χ1) is 10.00. The van der Waals surface area contributed by atoms with Crippen LogP contribution in [-0.2, 0) is 16.0 Å². The van der Waals surface area contributed by atoms with Gasteiger partial charge in [0.2, 0.25) is 0 Å². The Morgan fingerprint density at radius 3 is 2.95 bits per heavy atom. The molecule has 1 aromatic carbocycles. The number of thioether (sulfide) groups is 1. The molecule has 3 rings (SSSR count). The number of amides is 1. The quantitative estimate of drug-likeness (QED) is 0.884. The summed E-state index contributed by atoms with van der Waals surface area (Å²) in [5.74, 6) is 0.379. The average Bonchev–Trinajstić information content (AvgIpc) is 3.05. The van der Waals surface area contributed by atoms with E-state index in [0.29, 0.717) is 29.4 Å². The summed E-state index contributed by atoms with van der Waals surface area (Å²) >= 11 is 7.44. The van der Waals surface area contributed by atoms with Gasteiger partial charge in [0, 0.05) is 17.2 Å². The zero-order valence-electron chi connectivity index (χ0n) is 11.1. The fraction of sp³-hybridized carbons (Fsp3) is 0.429. The molecule has 2 heterocycles. The van der Waals surface area contributed by atoms with Gasteiger partial charge in [0.15, 0.2) is 6.10 Å². The maximum Gasteiger partial charge on any atom is 0.330 e. The number of ether oxygens (including phenoxy) is 1. The van der Waals surface area contributed by atoms with Gasteiger partial charge in [0.25, 0.3) is 5.91 Å². The summed E-state index contributed by atoms with van der Waals surface area (Å²) in [6, 6.07) is 5.19. The van der Waals surface area contributed by atoms with E-state index in [0.717, 1.165) is 11.3 Å². The Kier molecular flexibility index (Phi) is 3.75. The molecule has 0 aliphatic carbocycles. The van der Waals surface area contributed by atoms with Crippen molar-refractivity contribution in [3.05, 3.63) is 28.8 Å². The summed E-state index contributed by atoms with van der Waals surface area (Å²) in [4.78, 5) is 23.8.